The molecule has 0 aliphatic rings. The first-order valence-corrected chi connectivity index (χ1v) is 7.38. The van der Waals surface area contributed by atoms with Crippen LogP contribution in [0.5, 0.6) is 0 Å². The number of rotatable bonds is 6. The highest BCUT2D eigenvalue weighted by Gasteiger charge is 2.19. The molecule has 6 nitrogen and oxygen atoms in total. The van der Waals surface area contributed by atoms with Gasteiger partial charge in [0.25, 0.3) is 10.0 Å². The second-order valence-corrected chi connectivity index (χ2v) is 5.86. The highest BCUT2D eigenvalue weighted by Crippen LogP contribution is 2.11. The van der Waals surface area contributed by atoms with Gasteiger partial charge < -0.3 is 5.11 Å². The van der Waals surface area contributed by atoms with Gasteiger partial charge in [-0.1, -0.05) is 12.1 Å². The molecule has 0 amide bonds. The quantitative estimate of drug-likeness (QED) is 0.726. The lowest BCUT2D eigenvalue weighted by molar-refractivity contribution is 0.278. The summed E-state index contributed by atoms with van der Waals surface area (Å²) < 4.78 is 39.3. The lowest BCUT2D eigenvalue weighted by Crippen LogP contribution is -2.27. The topological polar surface area (TPSA) is 95.1 Å². The molecular formula is C12H14FN3O3S. The minimum atomic E-state index is -3.76. The molecular weight excluding hydrogens is 285 g/mol. The standard InChI is InChI=1S/C12H14FN3O3S/c13-11-3-1-2-9(6-11)4-5-15-20(18,19)12-10(8-17)7-14-16-12/h1-3,6-7,15,17H,4-5,8H2,(H,14,16). The molecule has 0 aliphatic heterocycles. The summed E-state index contributed by atoms with van der Waals surface area (Å²) >= 11 is 0. The first-order chi connectivity index (χ1) is 9.53. The van der Waals surface area contributed by atoms with Gasteiger partial charge in [-0.2, -0.15) is 5.10 Å². The zero-order chi connectivity index (χ0) is 14.6. The Bertz CT molecular complexity index is 685. The van der Waals surface area contributed by atoms with Crippen molar-refractivity contribution in [3.8, 4) is 0 Å². The number of nitrogens with zero attached hydrogens (tertiary/aromatic N) is 1. The minimum Gasteiger partial charge on any atom is -0.392 e. The van der Waals surface area contributed by atoms with Crippen LogP contribution in [0.1, 0.15) is 11.1 Å². The van der Waals surface area contributed by atoms with E-state index in [1.54, 1.807) is 12.1 Å². The SMILES string of the molecule is O=S(=O)(NCCc1cccc(F)c1)c1[nH]ncc1CO. The molecule has 8 heteroatoms. The van der Waals surface area contributed by atoms with Crippen molar-refractivity contribution in [3.05, 3.63) is 47.4 Å². The first kappa shape index (κ1) is 14.6. The molecule has 0 saturated carbocycles. The van der Waals surface area contributed by atoms with E-state index in [0.29, 0.717) is 12.0 Å². The molecule has 1 aromatic heterocycles. The number of aromatic amines is 1. The van der Waals surface area contributed by atoms with Crippen LogP contribution in [0, 0.1) is 5.82 Å². The van der Waals surface area contributed by atoms with E-state index < -0.39 is 16.6 Å². The van der Waals surface area contributed by atoms with Crippen LogP contribution in [0.25, 0.3) is 0 Å². The van der Waals surface area contributed by atoms with Gasteiger partial charge in [0.15, 0.2) is 5.03 Å². The zero-order valence-corrected chi connectivity index (χ0v) is 11.3. The maximum absolute atomic E-state index is 13.0. The van der Waals surface area contributed by atoms with Crippen LogP contribution in [0.2, 0.25) is 0 Å². The number of hydrogen-bond acceptors (Lipinski definition) is 4. The summed E-state index contributed by atoms with van der Waals surface area (Å²) in [4.78, 5) is 0. The smallest absolute Gasteiger partial charge is 0.257 e. The Labute approximate surface area is 115 Å². The Kier molecular flexibility index (Phi) is 4.48. The van der Waals surface area contributed by atoms with Crippen molar-refractivity contribution in [2.45, 2.75) is 18.1 Å². The van der Waals surface area contributed by atoms with Crippen LogP contribution in [-0.4, -0.2) is 30.3 Å². The third kappa shape index (κ3) is 3.41. The number of aromatic nitrogens is 2. The molecule has 0 saturated heterocycles. The van der Waals surface area contributed by atoms with E-state index in [9.17, 15) is 12.8 Å². The molecule has 2 aromatic rings. The van der Waals surface area contributed by atoms with E-state index in [2.05, 4.69) is 14.9 Å². The molecule has 3 N–H and O–H groups in total. The Balaban J connectivity index is 2.00. The molecule has 0 unspecified atom stereocenters. The molecule has 0 spiro atoms. The van der Waals surface area contributed by atoms with Gasteiger partial charge in [-0.25, -0.2) is 17.5 Å². The van der Waals surface area contributed by atoms with Crippen LogP contribution in [0.15, 0.2) is 35.5 Å². The van der Waals surface area contributed by atoms with Crippen molar-refractivity contribution in [1.82, 2.24) is 14.9 Å². The Morgan fingerprint density at radius 2 is 2.20 bits per heavy atom. The van der Waals surface area contributed by atoms with E-state index in [1.807, 2.05) is 0 Å². The number of halogens is 1. The zero-order valence-electron chi connectivity index (χ0n) is 10.5. The highest BCUT2D eigenvalue weighted by molar-refractivity contribution is 7.89. The monoisotopic (exact) mass is 299 g/mol. The van der Waals surface area contributed by atoms with Gasteiger partial charge in [-0.05, 0) is 24.1 Å². The molecule has 1 heterocycles. The molecule has 0 aliphatic carbocycles. The van der Waals surface area contributed by atoms with Crippen molar-refractivity contribution in [2.24, 2.45) is 0 Å². The third-order valence-electron chi connectivity index (χ3n) is 2.71. The van der Waals surface area contributed by atoms with Crippen molar-refractivity contribution < 1.29 is 17.9 Å². The number of aliphatic hydroxyl groups excluding tert-OH is 1. The van der Waals surface area contributed by atoms with Crippen molar-refractivity contribution >= 4 is 10.0 Å². The summed E-state index contributed by atoms with van der Waals surface area (Å²) in [7, 11) is -3.76. The Morgan fingerprint density at radius 3 is 2.90 bits per heavy atom. The number of nitrogens with one attached hydrogen (secondary N) is 2. The third-order valence-corrected chi connectivity index (χ3v) is 4.19. The van der Waals surface area contributed by atoms with Gasteiger partial charge in [0.1, 0.15) is 5.82 Å². The number of H-pyrrole nitrogens is 1. The van der Waals surface area contributed by atoms with Crippen LogP contribution < -0.4 is 4.72 Å². The van der Waals surface area contributed by atoms with E-state index in [4.69, 9.17) is 5.11 Å². The number of sulfonamides is 1. The van der Waals surface area contributed by atoms with Crippen LogP contribution >= 0.6 is 0 Å². The van der Waals surface area contributed by atoms with E-state index in [-0.39, 0.29) is 23.0 Å². The summed E-state index contributed by atoms with van der Waals surface area (Å²) in [6.45, 7) is -0.299. The van der Waals surface area contributed by atoms with Crippen LogP contribution in [0.3, 0.4) is 0 Å². The fraction of sp³-hybridized carbons (Fsp3) is 0.250. The fourth-order valence-electron chi connectivity index (χ4n) is 1.74. The number of benzene rings is 1. The van der Waals surface area contributed by atoms with E-state index in [1.165, 1.54) is 18.3 Å². The summed E-state index contributed by atoms with van der Waals surface area (Å²) in [6.07, 6.45) is 1.61. The van der Waals surface area contributed by atoms with E-state index in [0.717, 1.165) is 0 Å². The van der Waals surface area contributed by atoms with Crippen molar-refractivity contribution in [2.75, 3.05) is 6.54 Å². The second kappa shape index (κ2) is 6.12. The van der Waals surface area contributed by atoms with Crippen LogP contribution in [0.4, 0.5) is 4.39 Å². The predicted octanol–water partition coefficient (Wildman–Crippen LogP) is 0.562. The van der Waals surface area contributed by atoms with Gasteiger partial charge in [-0.15, -0.1) is 0 Å². The fourth-order valence-corrected chi connectivity index (χ4v) is 2.89. The molecule has 0 bridgehead atoms. The van der Waals surface area contributed by atoms with Crippen molar-refractivity contribution in [1.29, 1.82) is 0 Å². The Morgan fingerprint density at radius 1 is 1.40 bits per heavy atom. The average molecular weight is 299 g/mol. The molecule has 108 valence electrons. The lowest BCUT2D eigenvalue weighted by Gasteiger charge is -2.06. The van der Waals surface area contributed by atoms with E-state index >= 15 is 0 Å². The molecule has 0 fully saturated rings. The summed E-state index contributed by atoms with van der Waals surface area (Å²) in [6, 6.07) is 5.96. The summed E-state index contributed by atoms with van der Waals surface area (Å²) in [5.41, 5.74) is 0.892. The summed E-state index contributed by atoms with van der Waals surface area (Å²) in [5, 5.41) is 14.8. The average Bonchev–Trinajstić information content (AvgIpc) is 2.87. The maximum atomic E-state index is 13.0. The molecule has 0 atom stereocenters. The molecule has 1 aromatic carbocycles. The summed E-state index contributed by atoms with van der Waals surface area (Å²) in [5.74, 6) is -0.360. The van der Waals surface area contributed by atoms with Crippen molar-refractivity contribution in [3.63, 3.8) is 0 Å². The van der Waals surface area contributed by atoms with Gasteiger partial charge in [0.2, 0.25) is 0 Å². The van der Waals surface area contributed by atoms with Gasteiger partial charge in [0, 0.05) is 12.1 Å². The predicted molar refractivity (Wildman–Crippen MR) is 69.8 cm³/mol. The maximum Gasteiger partial charge on any atom is 0.257 e. The lowest BCUT2D eigenvalue weighted by atomic mass is 10.1. The van der Waals surface area contributed by atoms with Crippen LogP contribution in [-0.2, 0) is 23.1 Å². The molecule has 2 rings (SSSR count). The van der Waals surface area contributed by atoms with Gasteiger partial charge in [0.05, 0.1) is 12.8 Å². The highest BCUT2D eigenvalue weighted by atomic mass is 32.2. The minimum absolute atomic E-state index is 0.121. The largest absolute Gasteiger partial charge is 0.392 e. The van der Waals surface area contributed by atoms with Gasteiger partial charge >= 0.3 is 0 Å². The number of aliphatic hydroxyl groups is 1. The number of hydrogen-bond donors (Lipinski definition) is 3. The first-order valence-electron chi connectivity index (χ1n) is 5.90. The van der Waals surface area contributed by atoms with Gasteiger partial charge in [-0.3, -0.25) is 5.10 Å². The normalized spacial score (nSPS) is 11.7. The molecule has 0 radical (unpaired) electrons. The molecule has 20 heavy (non-hydrogen) atoms. The Hall–Kier alpha value is -1.77. The second-order valence-electron chi connectivity index (χ2n) is 4.16.